The van der Waals surface area contributed by atoms with Gasteiger partial charge in [-0.1, -0.05) is 31.2 Å². The second-order valence-electron chi connectivity index (χ2n) is 7.11. The number of hydrogen-bond donors (Lipinski definition) is 0. The summed E-state index contributed by atoms with van der Waals surface area (Å²) in [5, 5.41) is 0.740. The Morgan fingerprint density at radius 1 is 1.21 bits per heavy atom. The molecule has 3 aromatic rings. The van der Waals surface area contributed by atoms with Crippen LogP contribution in [-0.2, 0) is 17.7 Å². The number of allylic oxidation sites excluding steroid dienone is 1. The summed E-state index contributed by atoms with van der Waals surface area (Å²) in [6.45, 7) is 11.8. The van der Waals surface area contributed by atoms with Crippen molar-refractivity contribution in [3.8, 4) is 0 Å². The van der Waals surface area contributed by atoms with E-state index in [0.717, 1.165) is 33.5 Å². The Balaban J connectivity index is 1.87. The van der Waals surface area contributed by atoms with Gasteiger partial charge in [0.2, 0.25) is 5.78 Å². The number of carbonyl (C=O) groups is 2. The molecule has 0 aliphatic carbocycles. The number of nitrogens with zero attached hydrogens (tertiary/aromatic N) is 2. The van der Waals surface area contributed by atoms with Crippen LogP contribution in [0.25, 0.3) is 10.9 Å². The van der Waals surface area contributed by atoms with Crippen molar-refractivity contribution in [3.05, 3.63) is 76.8 Å². The van der Waals surface area contributed by atoms with Crippen LogP contribution in [0.15, 0.2) is 43.0 Å². The molecule has 150 valence electrons. The Labute approximate surface area is 171 Å². The smallest absolute Gasteiger partial charge is 0.339 e. The summed E-state index contributed by atoms with van der Waals surface area (Å²) in [6.07, 6.45) is 2.50. The minimum atomic E-state index is -0.496. The van der Waals surface area contributed by atoms with E-state index >= 15 is 0 Å². The zero-order valence-electron chi connectivity index (χ0n) is 17.4. The van der Waals surface area contributed by atoms with E-state index in [0.29, 0.717) is 24.1 Å². The zero-order valence-corrected chi connectivity index (χ0v) is 17.4. The highest BCUT2D eigenvalue weighted by molar-refractivity contribution is 6.06. The van der Waals surface area contributed by atoms with Crippen LogP contribution in [0.2, 0.25) is 0 Å². The van der Waals surface area contributed by atoms with E-state index in [9.17, 15) is 9.59 Å². The molecule has 2 heterocycles. The number of pyridine rings is 1. The molecule has 0 radical (unpaired) electrons. The first-order valence-corrected chi connectivity index (χ1v) is 9.75. The van der Waals surface area contributed by atoms with Crippen molar-refractivity contribution >= 4 is 22.7 Å². The molecule has 0 aliphatic heterocycles. The third kappa shape index (κ3) is 3.86. The van der Waals surface area contributed by atoms with Gasteiger partial charge in [-0.25, -0.2) is 4.79 Å². The lowest BCUT2D eigenvalue weighted by atomic mass is 10.0. The summed E-state index contributed by atoms with van der Waals surface area (Å²) in [5.41, 5.74) is 5.28. The van der Waals surface area contributed by atoms with Crippen molar-refractivity contribution in [2.75, 3.05) is 6.61 Å². The molecule has 0 saturated heterocycles. The lowest BCUT2D eigenvalue weighted by molar-refractivity contribution is 0.0475. The average molecular weight is 390 g/mol. The van der Waals surface area contributed by atoms with Gasteiger partial charge >= 0.3 is 5.97 Å². The van der Waals surface area contributed by atoms with Gasteiger partial charge in [0, 0.05) is 34.6 Å². The molecule has 3 rings (SSSR count). The average Bonchev–Trinajstić information content (AvgIpc) is 3.00. The Morgan fingerprint density at radius 2 is 1.93 bits per heavy atom. The predicted molar refractivity (Wildman–Crippen MR) is 115 cm³/mol. The van der Waals surface area contributed by atoms with E-state index in [-0.39, 0.29) is 12.4 Å². The second kappa shape index (κ2) is 8.43. The van der Waals surface area contributed by atoms with Gasteiger partial charge in [0.25, 0.3) is 0 Å². The van der Waals surface area contributed by atoms with Gasteiger partial charge in [-0.05, 0) is 44.9 Å². The molecule has 0 amide bonds. The fourth-order valence-electron chi connectivity index (χ4n) is 3.74. The number of ketones is 1. The monoisotopic (exact) mass is 390 g/mol. The molecule has 0 fully saturated rings. The maximum absolute atomic E-state index is 12.9. The minimum absolute atomic E-state index is 0.214. The third-order valence-electron chi connectivity index (χ3n) is 5.30. The molecule has 0 atom stereocenters. The Hall–Kier alpha value is -3.21. The van der Waals surface area contributed by atoms with Crippen LogP contribution in [0.3, 0.4) is 0 Å². The molecule has 0 N–H and O–H groups in total. The van der Waals surface area contributed by atoms with Crippen LogP contribution in [0.1, 0.15) is 50.3 Å². The van der Waals surface area contributed by atoms with Crippen molar-refractivity contribution in [2.45, 2.75) is 40.7 Å². The first kappa shape index (κ1) is 20.5. The van der Waals surface area contributed by atoms with E-state index in [1.807, 2.05) is 62.6 Å². The molecule has 0 saturated carbocycles. The number of fused-ring (bicyclic) bond motifs is 1. The number of carbonyl (C=O) groups excluding carboxylic acids is 2. The molecule has 0 aliphatic rings. The highest BCUT2D eigenvalue weighted by atomic mass is 16.5. The number of aromatic nitrogens is 2. The number of para-hydroxylation sites is 1. The Morgan fingerprint density at radius 3 is 2.62 bits per heavy atom. The standard InChI is InChI=1S/C24H26N2O3/c1-6-12-26-15(3)13-19(17(26)5)22(27)14-29-24(28)23-16(4)20(7-2)25-21-11-9-8-10-18(21)23/h6,8-11,13H,1,7,12,14H2,2-5H3. The SMILES string of the molecule is C=CCn1c(C)cc(C(=O)COC(=O)c2c(C)c(CC)nc3ccccc23)c1C. The molecule has 0 spiro atoms. The lowest BCUT2D eigenvalue weighted by Gasteiger charge is -2.13. The van der Waals surface area contributed by atoms with Crippen LogP contribution in [-0.4, -0.2) is 27.9 Å². The van der Waals surface area contributed by atoms with Crippen molar-refractivity contribution in [1.29, 1.82) is 0 Å². The first-order chi connectivity index (χ1) is 13.9. The summed E-state index contributed by atoms with van der Waals surface area (Å²) in [6, 6.07) is 9.32. The highest BCUT2D eigenvalue weighted by Crippen LogP contribution is 2.24. The molecule has 1 aromatic carbocycles. The number of ether oxygens (including phenoxy) is 1. The maximum atomic E-state index is 12.9. The van der Waals surface area contributed by atoms with Crippen LogP contribution in [0.4, 0.5) is 0 Å². The fraction of sp³-hybridized carbons (Fsp3) is 0.292. The van der Waals surface area contributed by atoms with Crippen molar-refractivity contribution in [2.24, 2.45) is 0 Å². The summed E-state index contributed by atoms with van der Waals surface area (Å²) in [7, 11) is 0. The van der Waals surface area contributed by atoms with Gasteiger partial charge in [0.15, 0.2) is 6.61 Å². The van der Waals surface area contributed by atoms with E-state index in [1.54, 1.807) is 6.08 Å². The molecule has 0 unspecified atom stereocenters. The quantitative estimate of drug-likeness (QED) is 0.332. The number of aryl methyl sites for hydroxylation is 2. The van der Waals surface area contributed by atoms with Gasteiger partial charge in [-0.3, -0.25) is 9.78 Å². The summed E-state index contributed by atoms with van der Waals surface area (Å²) >= 11 is 0. The van der Waals surface area contributed by atoms with Crippen LogP contribution < -0.4 is 0 Å². The Kier molecular flexibility index (Phi) is 5.97. The largest absolute Gasteiger partial charge is 0.454 e. The van der Waals surface area contributed by atoms with E-state index in [2.05, 4.69) is 11.6 Å². The van der Waals surface area contributed by atoms with Crippen LogP contribution >= 0.6 is 0 Å². The van der Waals surface area contributed by atoms with Gasteiger partial charge in [-0.2, -0.15) is 0 Å². The normalized spacial score (nSPS) is 10.9. The number of rotatable bonds is 7. The number of benzene rings is 1. The minimum Gasteiger partial charge on any atom is -0.454 e. The summed E-state index contributed by atoms with van der Waals surface area (Å²) in [4.78, 5) is 30.3. The summed E-state index contributed by atoms with van der Waals surface area (Å²) < 4.78 is 7.46. The van der Waals surface area contributed by atoms with Crippen molar-refractivity contribution < 1.29 is 14.3 Å². The van der Waals surface area contributed by atoms with Gasteiger partial charge in [0.05, 0.1) is 11.1 Å². The molecule has 0 bridgehead atoms. The van der Waals surface area contributed by atoms with E-state index in [1.165, 1.54) is 0 Å². The number of hydrogen-bond acceptors (Lipinski definition) is 4. The molecule has 5 nitrogen and oxygen atoms in total. The van der Waals surface area contributed by atoms with Crippen LogP contribution in [0, 0.1) is 20.8 Å². The maximum Gasteiger partial charge on any atom is 0.339 e. The predicted octanol–water partition coefficient (Wildman–Crippen LogP) is 4.75. The highest BCUT2D eigenvalue weighted by Gasteiger charge is 2.21. The van der Waals surface area contributed by atoms with E-state index < -0.39 is 5.97 Å². The van der Waals surface area contributed by atoms with Gasteiger partial charge in [-0.15, -0.1) is 6.58 Å². The lowest BCUT2D eigenvalue weighted by Crippen LogP contribution is -2.17. The Bertz CT molecular complexity index is 1110. The molecule has 5 heteroatoms. The first-order valence-electron chi connectivity index (χ1n) is 9.75. The topological polar surface area (TPSA) is 61.2 Å². The third-order valence-corrected chi connectivity index (χ3v) is 5.30. The zero-order chi connectivity index (χ0) is 21.1. The van der Waals surface area contributed by atoms with Gasteiger partial charge < -0.3 is 9.30 Å². The second-order valence-corrected chi connectivity index (χ2v) is 7.11. The van der Waals surface area contributed by atoms with E-state index in [4.69, 9.17) is 4.74 Å². The van der Waals surface area contributed by atoms with Crippen molar-refractivity contribution in [3.63, 3.8) is 0 Å². The van der Waals surface area contributed by atoms with Crippen molar-refractivity contribution in [1.82, 2.24) is 9.55 Å². The molecular weight excluding hydrogens is 364 g/mol. The van der Waals surface area contributed by atoms with Crippen LogP contribution in [0.5, 0.6) is 0 Å². The fourth-order valence-corrected chi connectivity index (χ4v) is 3.74. The molecule has 2 aromatic heterocycles. The number of esters is 1. The molecular formula is C24H26N2O3. The van der Waals surface area contributed by atoms with Gasteiger partial charge in [0.1, 0.15) is 0 Å². The number of Topliss-reactive ketones (excluding diaryl/α,β-unsaturated/α-hetero) is 1. The summed E-state index contributed by atoms with van der Waals surface area (Å²) in [5.74, 6) is -0.711. The molecule has 29 heavy (non-hydrogen) atoms.